The Kier molecular flexibility index (Phi) is 6.11. The molecule has 0 saturated heterocycles. The van der Waals surface area contributed by atoms with E-state index >= 15 is 0 Å². The minimum atomic E-state index is -0.661. The number of fused-ring (bicyclic) bond motifs is 1. The summed E-state index contributed by atoms with van der Waals surface area (Å²) in [6, 6.07) is 12.7. The molecule has 2 aromatic rings. The Bertz CT molecular complexity index is 988. The minimum absolute atomic E-state index is 0.0247. The van der Waals surface area contributed by atoms with Gasteiger partial charge >= 0.3 is 6.03 Å². The second-order valence-corrected chi connectivity index (χ2v) is 9.47. The van der Waals surface area contributed by atoms with Gasteiger partial charge in [-0.2, -0.15) is 0 Å². The Labute approximate surface area is 184 Å². The van der Waals surface area contributed by atoms with Gasteiger partial charge in [-0.05, 0) is 49.1 Å². The molecule has 2 N–H and O–H groups in total. The van der Waals surface area contributed by atoms with Crippen molar-refractivity contribution >= 4 is 29.0 Å². The van der Waals surface area contributed by atoms with Gasteiger partial charge in [-0.3, -0.25) is 4.79 Å². The average molecular weight is 422 g/mol. The van der Waals surface area contributed by atoms with Crippen LogP contribution in [0.25, 0.3) is 0 Å². The fourth-order valence-corrected chi connectivity index (χ4v) is 3.38. The molecule has 3 rings (SSSR count). The highest BCUT2D eigenvalue weighted by molar-refractivity contribution is 6.02. The lowest BCUT2D eigenvalue weighted by molar-refractivity contribution is -0.127. The second-order valence-electron chi connectivity index (χ2n) is 9.47. The molecule has 0 aliphatic carbocycles. The van der Waals surface area contributed by atoms with E-state index in [1.807, 2.05) is 38.1 Å². The second kappa shape index (κ2) is 8.46. The SMILES string of the molecule is C=CCN1C(=O)C(C)(C)COc2cc(NC(=O)Nc3ccc(C(C)(C)C)cc3)ccc21. The van der Waals surface area contributed by atoms with Crippen molar-refractivity contribution < 1.29 is 14.3 Å². The standard InChI is InChI=1S/C25H31N3O3/c1-7-14-28-20-13-12-19(15-21(20)31-16-25(5,6)22(28)29)27-23(30)26-18-10-8-17(9-11-18)24(2,3)4/h7-13,15H,1,14,16H2,2-6H3,(H2,26,27,30). The van der Waals surface area contributed by atoms with Crippen molar-refractivity contribution in [2.24, 2.45) is 5.41 Å². The molecule has 3 amide bonds. The summed E-state index contributed by atoms with van der Waals surface area (Å²) in [6.07, 6.45) is 1.69. The van der Waals surface area contributed by atoms with E-state index in [-0.39, 0.29) is 24.0 Å². The third-order valence-electron chi connectivity index (χ3n) is 5.24. The van der Waals surface area contributed by atoms with Crippen molar-refractivity contribution in [3.8, 4) is 5.75 Å². The van der Waals surface area contributed by atoms with Crippen LogP contribution in [0.2, 0.25) is 0 Å². The van der Waals surface area contributed by atoms with E-state index in [2.05, 4.69) is 38.0 Å². The number of carbonyl (C=O) groups is 2. The van der Waals surface area contributed by atoms with Crippen LogP contribution in [0.5, 0.6) is 5.75 Å². The highest BCUT2D eigenvalue weighted by atomic mass is 16.5. The van der Waals surface area contributed by atoms with Gasteiger partial charge < -0.3 is 20.3 Å². The van der Waals surface area contributed by atoms with Gasteiger partial charge in [0.2, 0.25) is 5.91 Å². The number of carbonyl (C=O) groups excluding carboxylic acids is 2. The van der Waals surface area contributed by atoms with Crippen LogP contribution in [0.1, 0.15) is 40.2 Å². The van der Waals surface area contributed by atoms with E-state index in [1.165, 1.54) is 5.56 Å². The molecule has 1 aliphatic heterocycles. The molecule has 1 aliphatic rings. The van der Waals surface area contributed by atoms with Crippen LogP contribution in [-0.4, -0.2) is 25.1 Å². The Balaban J connectivity index is 1.75. The van der Waals surface area contributed by atoms with E-state index in [0.717, 1.165) is 0 Å². The largest absolute Gasteiger partial charge is 0.490 e. The number of nitrogens with zero attached hydrogens (tertiary/aromatic N) is 1. The molecule has 6 heteroatoms. The van der Waals surface area contributed by atoms with Gasteiger partial charge in [0, 0.05) is 24.0 Å². The van der Waals surface area contributed by atoms with Crippen LogP contribution in [-0.2, 0) is 10.2 Å². The average Bonchev–Trinajstić information content (AvgIpc) is 2.78. The summed E-state index contributed by atoms with van der Waals surface area (Å²) in [7, 11) is 0. The summed E-state index contributed by atoms with van der Waals surface area (Å²) in [5.41, 5.74) is 2.54. The smallest absolute Gasteiger partial charge is 0.323 e. The third kappa shape index (κ3) is 5.08. The molecule has 0 fully saturated rings. The summed E-state index contributed by atoms with van der Waals surface area (Å²) in [5.74, 6) is 0.524. The number of hydrogen-bond acceptors (Lipinski definition) is 3. The van der Waals surface area contributed by atoms with Gasteiger partial charge in [-0.15, -0.1) is 6.58 Å². The van der Waals surface area contributed by atoms with Crippen molar-refractivity contribution in [1.29, 1.82) is 0 Å². The number of hydrogen-bond donors (Lipinski definition) is 2. The number of rotatable bonds is 4. The van der Waals surface area contributed by atoms with E-state index in [1.54, 1.807) is 29.2 Å². The number of urea groups is 1. The maximum absolute atomic E-state index is 12.9. The first-order valence-electron chi connectivity index (χ1n) is 10.4. The molecule has 2 aromatic carbocycles. The summed E-state index contributed by atoms with van der Waals surface area (Å²) < 4.78 is 5.93. The molecule has 1 heterocycles. The summed E-state index contributed by atoms with van der Waals surface area (Å²) in [6.45, 7) is 14.5. The predicted octanol–water partition coefficient (Wildman–Crippen LogP) is 5.57. The Morgan fingerprint density at radius 1 is 1.13 bits per heavy atom. The van der Waals surface area contributed by atoms with Crippen LogP contribution in [0.4, 0.5) is 21.9 Å². The third-order valence-corrected chi connectivity index (χ3v) is 5.24. The van der Waals surface area contributed by atoms with Gasteiger partial charge in [0.25, 0.3) is 0 Å². The lowest BCUT2D eigenvalue weighted by atomic mass is 9.87. The summed E-state index contributed by atoms with van der Waals surface area (Å²) in [5, 5.41) is 5.67. The number of amides is 3. The van der Waals surface area contributed by atoms with Gasteiger partial charge in [-0.1, -0.05) is 39.0 Å². The monoisotopic (exact) mass is 421 g/mol. The first kappa shape index (κ1) is 22.4. The molecule has 0 bridgehead atoms. The first-order chi connectivity index (χ1) is 14.5. The van der Waals surface area contributed by atoms with Crippen LogP contribution < -0.4 is 20.3 Å². The number of anilines is 3. The number of benzene rings is 2. The molecule has 0 atom stereocenters. The summed E-state index contributed by atoms with van der Waals surface area (Å²) in [4.78, 5) is 27.0. The van der Waals surface area contributed by atoms with Gasteiger partial charge in [-0.25, -0.2) is 4.79 Å². The van der Waals surface area contributed by atoms with Crippen LogP contribution in [0.15, 0.2) is 55.1 Å². The molecule has 31 heavy (non-hydrogen) atoms. The van der Waals surface area contributed by atoms with Crippen LogP contribution in [0, 0.1) is 5.41 Å². The maximum Gasteiger partial charge on any atom is 0.323 e. The minimum Gasteiger partial charge on any atom is -0.490 e. The van der Waals surface area contributed by atoms with Crippen molar-refractivity contribution in [3.05, 3.63) is 60.7 Å². The van der Waals surface area contributed by atoms with E-state index in [4.69, 9.17) is 4.74 Å². The van der Waals surface area contributed by atoms with Crippen molar-refractivity contribution in [2.75, 3.05) is 28.7 Å². The quantitative estimate of drug-likeness (QED) is 0.635. The molecule has 0 saturated carbocycles. The van der Waals surface area contributed by atoms with Gasteiger partial charge in [0.05, 0.1) is 11.1 Å². The first-order valence-corrected chi connectivity index (χ1v) is 10.4. The fraction of sp³-hybridized carbons (Fsp3) is 0.360. The Morgan fingerprint density at radius 3 is 2.35 bits per heavy atom. The molecular weight excluding hydrogens is 390 g/mol. The fourth-order valence-electron chi connectivity index (χ4n) is 3.38. The van der Waals surface area contributed by atoms with Crippen molar-refractivity contribution in [2.45, 2.75) is 40.0 Å². The van der Waals surface area contributed by atoms with Crippen molar-refractivity contribution in [1.82, 2.24) is 0 Å². The zero-order valence-corrected chi connectivity index (χ0v) is 18.9. The van der Waals surface area contributed by atoms with E-state index in [0.29, 0.717) is 29.4 Å². The molecule has 0 radical (unpaired) electrons. The Morgan fingerprint density at radius 2 is 1.74 bits per heavy atom. The highest BCUT2D eigenvalue weighted by Crippen LogP contribution is 2.38. The lowest BCUT2D eigenvalue weighted by Gasteiger charge is -2.27. The molecule has 0 unspecified atom stereocenters. The molecular formula is C25H31N3O3. The summed E-state index contributed by atoms with van der Waals surface area (Å²) >= 11 is 0. The van der Waals surface area contributed by atoms with Gasteiger partial charge in [0.1, 0.15) is 12.4 Å². The highest BCUT2D eigenvalue weighted by Gasteiger charge is 2.37. The Hall–Kier alpha value is -3.28. The predicted molar refractivity (Wildman–Crippen MR) is 126 cm³/mol. The zero-order valence-electron chi connectivity index (χ0n) is 18.9. The van der Waals surface area contributed by atoms with Crippen molar-refractivity contribution in [3.63, 3.8) is 0 Å². The van der Waals surface area contributed by atoms with E-state index in [9.17, 15) is 9.59 Å². The molecule has 164 valence electrons. The molecule has 0 spiro atoms. The normalized spacial score (nSPS) is 15.4. The lowest BCUT2D eigenvalue weighted by Crippen LogP contribution is -2.42. The van der Waals surface area contributed by atoms with E-state index < -0.39 is 5.41 Å². The van der Waals surface area contributed by atoms with Crippen LogP contribution >= 0.6 is 0 Å². The van der Waals surface area contributed by atoms with Crippen LogP contribution in [0.3, 0.4) is 0 Å². The molecule has 6 nitrogen and oxygen atoms in total. The maximum atomic E-state index is 12.9. The number of nitrogens with one attached hydrogen (secondary N) is 2. The zero-order chi connectivity index (χ0) is 22.8. The number of ether oxygens (including phenoxy) is 1. The molecule has 0 aromatic heterocycles. The van der Waals surface area contributed by atoms with Gasteiger partial charge in [0.15, 0.2) is 0 Å². The topological polar surface area (TPSA) is 70.7 Å².